The first-order valence-corrected chi connectivity index (χ1v) is 12.2. The summed E-state index contributed by atoms with van der Waals surface area (Å²) >= 11 is 0. The summed E-state index contributed by atoms with van der Waals surface area (Å²) in [6, 6.07) is 7.16. The van der Waals surface area contributed by atoms with E-state index < -0.39 is 6.04 Å². The highest BCUT2D eigenvalue weighted by atomic mass is 16.3. The Morgan fingerprint density at radius 1 is 1.22 bits per heavy atom. The molecular formula is C25H27N11O. The predicted molar refractivity (Wildman–Crippen MR) is 136 cm³/mol. The van der Waals surface area contributed by atoms with Crippen LogP contribution in [0.25, 0.3) is 22.5 Å². The number of rotatable bonds is 7. The second-order valence-electron chi connectivity index (χ2n) is 9.37. The first-order chi connectivity index (χ1) is 18.0. The summed E-state index contributed by atoms with van der Waals surface area (Å²) in [5, 5.41) is 44.9. The third-order valence-electron chi connectivity index (χ3n) is 6.91. The van der Waals surface area contributed by atoms with Gasteiger partial charge in [-0.2, -0.15) is 20.3 Å². The van der Waals surface area contributed by atoms with Gasteiger partial charge in [0.1, 0.15) is 23.6 Å². The van der Waals surface area contributed by atoms with Crippen molar-refractivity contribution in [3.63, 3.8) is 0 Å². The molecule has 188 valence electrons. The number of pyridine rings is 2. The highest BCUT2D eigenvalue weighted by Crippen LogP contribution is 2.36. The van der Waals surface area contributed by atoms with Gasteiger partial charge in [0.25, 0.3) is 0 Å². The molecule has 0 spiro atoms. The van der Waals surface area contributed by atoms with Crippen LogP contribution < -0.4 is 11.1 Å². The molecule has 4 aromatic heterocycles. The van der Waals surface area contributed by atoms with Crippen molar-refractivity contribution in [1.82, 2.24) is 34.7 Å². The van der Waals surface area contributed by atoms with Gasteiger partial charge < -0.3 is 16.2 Å². The van der Waals surface area contributed by atoms with Gasteiger partial charge in [-0.3, -0.25) is 0 Å². The molecule has 37 heavy (non-hydrogen) atoms. The monoisotopic (exact) mass is 497 g/mol. The van der Waals surface area contributed by atoms with E-state index in [1.54, 1.807) is 36.1 Å². The normalized spacial score (nSPS) is 18.3. The van der Waals surface area contributed by atoms with Crippen molar-refractivity contribution in [2.75, 3.05) is 17.7 Å². The summed E-state index contributed by atoms with van der Waals surface area (Å²) < 4.78 is 3.21. The van der Waals surface area contributed by atoms with Crippen LogP contribution in [0, 0.1) is 28.6 Å². The Hall–Kier alpha value is -4.55. The number of aliphatic hydroxyl groups excluding tert-OH is 1. The van der Waals surface area contributed by atoms with Crippen LogP contribution in [0.3, 0.4) is 0 Å². The minimum absolute atomic E-state index is 0.116. The van der Waals surface area contributed by atoms with Gasteiger partial charge in [0.2, 0.25) is 0 Å². The minimum Gasteiger partial charge on any atom is -0.396 e. The number of nitrogens with one attached hydrogen (secondary N) is 1. The van der Waals surface area contributed by atoms with Gasteiger partial charge >= 0.3 is 0 Å². The molecule has 1 saturated carbocycles. The van der Waals surface area contributed by atoms with Crippen LogP contribution in [0.1, 0.15) is 56.2 Å². The molecule has 0 radical (unpaired) electrons. The summed E-state index contributed by atoms with van der Waals surface area (Å²) in [6.07, 6.45) is 10.2. The van der Waals surface area contributed by atoms with Crippen LogP contribution >= 0.6 is 0 Å². The minimum atomic E-state index is -0.472. The van der Waals surface area contributed by atoms with Crippen LogP contribution in [0.5, 0.6) is 0 Å². The third kappa shape index (κ3) is 4.79. The standard InChI is InChI=1S/C25H27N11O/c1-15(10-26)31-20-9-23(36-25-19(12-30-36)8-18(11-27)24(28)32-25)29-13-22(20)35-14-21(33-34-35)17-4-2-16(3-5-17)6-7-37/h8-9,12-17,37H,2-7H2,1H3,(H2,28,32)(H,29,31)/t15-,16?,17?/m1/s1. The SMILES string of the molecule is C[C@H](C#N)Nc1cc(-n2ncc3cc(C#N)c(N)nc32)ncc1-n1cc(C2CCC(CCO)CC2)nn1. The van der Waals surface area contributed by atoms with Crippen molar-refractivity contribution in [3.05, 3.63) is 42.0 Å². The van der Waals surface area contributed by atoms with Gasteiger partial charge in [-0.15, -0.1) is 5.10 Å². The van der Waals surface area contributed by atoms with Crippen molar-refractivity contribution in [2.24, 2.45) is 5.92 Å². The molecule has 0 unspecified atom stereocenters. The fraction of sp³-hybridized carbons (Fsp3) is 0.400. The number of aromatic nitrogens is 7. The molecule has 0 aliphatic heterocycles. The Morgan fingerprint density at radius 2 is 2.03 bits per heavy atom. The third-order valence-corrected chi connectivity index (χ3v) is 6.91. The predicted octanol–water partition coefficient (Wildman–Crippen LogP) is 2.83. The van der Waals surface area contributed by atoms with Crippen LogP contribution in [-0.2, 0) is 0 Å². The maximum atomic E-state index is 9.42. The Morgan fingerprint density at radius 3 is 2.76 bits per heavy atom. The van der Waals surface area contributed by atoms with Crippen LogP contribution in [-0.4, -0.2) is 52.5 Å². The molecule has 12 heteroatoms. The van der Waals surface area contributed by atoms with Crippen molar-refractivity contribution in [1.29, 1.82) is 10.5 Å². The van der Waals surface area contributed by atoms with E-state index in [0.717, 1.165) is 37.8 Å². The summed E-state index contributed by atoms with van der Waals surface area (Å²) in [7, 11) is 0. The second-order valence-corrected chi connectivity index (χ2v) is 9.37. The number of anilines is 2. The molecule has 5 rings (SSSR count). The number of nitrogens with two attached hydrogens (primary N) is 1. The molecule has 4 heterocycles. The number of aliphatic hydroxyl groups is 1. The Labute approximate surface area is 213 Å². The van der Waals surface area contributed by atoms with Gasteiger partial charge in [-0.25, -0.2) is 14.6 Å². The number of fused-ring (bicyclic) bond motifs is 1. The molecule has 1 aliphatic carbocycles. The van der Waals surface area contributed by atoms with Crippen molar-refractivity contribution < 1.29 is 5.11 Å². The van der Waals surface area contributed by atoms with E-state index >= 15 is 0 Å². The number of nitrogen functional groups attached to an aromatic ring is 1. The van der Waals surface area contributed by atoms with E-state index in [1.807, 2.05) is 12.3 Å². The lowest BCUT2D eigenvalue weighted by Gasteiger charge is -2.26. The Balaban J connectivity index is 1.48. The van der Waals surface area contributed by atoms with E-state index in [4.69, 9.17) is 5.73 Å². The lowest BCUT2D eigenvalue weighted by Crippen LogP contribution is -2.16. The second kappa shape index (κ2) is 10.2. The fourth-order valence-corrected chi connectivity index (χ4v) is 4.86. The van der Waals surface area contributed by atoms with Crippen LogP contribution in [0.4, 0.5) is 11.5 Å². The molecule has 12 nitrogen and oxygen atoms in total. The molecule has 0 saturated heterocycles. The molecule has 1 fully saturated rings. The zero-order valence-corrected chi connectivity index (χ0v) is 20.4. The Bertz CT molecular complexity index is 1500. The number of hydrogen-bond acceptors (Lipinski definition) is 10. The average molecular weight is 498 g/mol. The summed E-state index contributed by atoms with van der Waals surface area (Å²) in [5.41, 5.74) is 8.89. The summed E-state index contributed by atoms with van der Waals surface area (Å²) in [6.45, 7) is 2.00. The van der Waals surface area contributed by atoms with E-state index in [0.29, 0.717) is 40.1 Å². The maximum absolute atomic E-state index is 9.42. The van der Waals surface area contributed by atoms with Crippen molar-refractivity contribution >= 4 is 22.5 Å². The van der Waals surface area contributed by atoms with Crippen LogP contribution in [0.15, 0.2) is 30.7 Å². The largest absolute Gasteiger partial charge is 0.396 e. The summed E-state index contributed by atoms with van der Waals surface area (Å²) in [5.74, 6) is 1.48. The number of nitriles is 2. The highest BCUT2D eigenvalue weighted by Gasteiger charge is 2.25. The Kier molecular flexibility index (Phi) is 6.66. The first-order valence-electron chi connectivity index (χ1n) is 12.2. The van der Waals surface area contributed by atoms with Crippen LogP contribution in [0.2, 0.25) is 0 Å². The van der Waals surface area contributed by atoms with Gasteiger partial charge in [-0.05, 0) is 51.0 Å². The fourth-order valence-electron chi connectivity index (χ4n) is 4.86. The van der Waals surface area contributed by atoms with E-state index in [2.05, 4.69) is 36.8 Å². The average Bonchev–Trinajstić information content (AvgIpc) is 3.56. The first kappa shape index (κ1) is 24.2. The van der Waals surface area contributed by atoms with Gasteiger partial charge in [0.05, 0.1) is 41.6 Å². The van der Waals surface area contributed by atoms with E-state index in [1.165, 1.54) is 4.68 Å². The molecule has 0 aromatic carbocycles. The van der Waals surface area contributed by atoms with Crippen molar-refractivity contribution in [2.45, 2.75) is 51.0 Å². The topological polar surface area (TPSA) is 180 Å². The maximum Gasteiger partial charge on any atom is 0.167 e. The molecule has 0 amide bonds. The zero-order valence-electron chi connectivity index (χ0n) is 20.4. The zero-order chi connectivity index (χ0) is 25.9. The van der Waals surface area contributed by atoms with Gasteiger partial charge in [0.15, 0.2) is 11.5 Å². The number of nitrogens with zero attached hydrogens (tertiary/aromatic N) is 9. The number of hydrogen-bond donors (Lipinski definition) is 3. The molecule has 4 aromatic rings. The molecule has 1 aliphatic rings. The van der Waals surface area contributed by atoms with Gasteiger partial charge in [-0.1, -0.05) is 5.21 Å². The molecule has 4 N–H and O–H groups in total. The quantitative estimate of drug-likeness (QED) is 0.343. The molecule has 1 atom stereocenters. The smallest absolute Gasteiger partial charge is 0.167 e. The summed E-state index contributed by atoms with van der Waals surface area (Å²) in [4.78, 5) is 8.93. The molecule has 0 bridgehead atoms. The van der Waals surface area contributed by atoms with E-state index in [-0.39, 0.29) is 18.0 Å². The lowest BCUT2D eigenvalue weighted by molar-refractivity contribution is 0.221. The highest BCUT2D eigenvalue weighted by molar-refractivity contribution is 5.80. The van der Waals surface area contributed by atoms with Crippen molar-refractivity contribution in [3.8, 4) is 23.6 Å². The van der Waals surface area contributed by atoms with E-state index in [9.17, 15) is 15.6 Å². The lowest BCUT2D eigenvalue weighted by atomic mass is 9.79. The molecular weight excluding hydrogens is 470 g/mol. The van der Waals surface area contributed by atoms with Gasteiger partial charge in [0, 0.05) is 24.0 Å².